The lowest BCUT2D eigenvalue weighted by molar-refractivity contribution is 0.174. The quantitative estimate of drug-likeness (QED) is 0.707. The van der Waals surface area contributed by atoms with Gasteiger partial charge in [0.15, 0.2) is 0 Å². The minimum Gasteiger partial charge on any atom is -0.466 e. The van der Waals surface area contributed by atoms with Crippen LogP contribution in [0.25, 0.3) is 0 Å². The second-order valence-electron chi connectivity index (χ2n) is 4.89. The van der Waals surface area contributed by atoms with Crippen molar-refractivity contribution < 1.29 is 4.42 Å². The molecule has 0 saturated heterocycles. The standard InChI is InChI=1S/C15H28BrN3O/c1-4-18(5-2)9-7-10-19(6-3)14(12-17)15-13(16)8-11-20-15/h8,11,14H,4-7,9-10,12,17H2,1-3H3. The van der Waals surface area contributed by atoms with Crippen molar-refractivity contribution in [3.8, 4) is 0 Å². The van der Waals surface area contributed by atoms with Crippen LogP contribution in [0.4, 0.5) is 0 Å². The van der Waals surface area contributed by atoms with E-state index in [0.717, 1.165) is 49.4 Å². The van der Waals surface area contributed by atoms with Crippen molar-refractivity contribution in [2.24, 2.45) is 5.73 Å². The van der Waals surface area contributed by atoms with Gasteiger partial charge in [-0.1, -0.05) is 20.8 Å². The molecule has 0 fully saturated rings. The molecule has 0 amide bonds. The van der Waals surface area contributed by atoms with Gasteiger partial charge in [0.25, 0.3) is 0 Å². The summed E-state index contributed by atoms with van der Waals surface area (Å²) in [6.45, 7) is 12.6. The summed E-state index contributed by atoms with van der Waals surface area (Å²) in [7, 11) is 0. The summed E-state index contributed by atoms with van der Waals surface area (Å²) in [4.78, 5) is 4.85. The van der Waals surface area contributed by atoms with Crippen LogP contribution < -0.4 is 5.73 Å². The molecule has 2 N–H and O–H groups in total. The van der Waals surface area contributed by atoms with E-state index in [4.69, 9.17) is 10.2 Å². The summed E-state index contributed by atoms with van der Waals surface area (Å²) in [5.41, 5.74) is 5.96. The largest absolute Gasteiger partial charge is 0.466 e. The SMILES string of the molecule is CCN(CC)CCCN(CC)C(CN)c1occc1Br. The van der Waals surface area contributed by atoms with Gasteiger partial charge < -0.3 is 15.1 Å². The lowest BCUT2D eigenvalue weighted by Gasteiger charge is -2.29. The molecule has 1 aromatic heterocycles. The molecule has 0 bridgehead atoms. The molecule has 20 heavy (non-hydrogen) atoms. The summed E-state index contributed by atoms with van der Waals surface area (Å²) in [5, 5.41) is 0. The Morgan fingerprint density at radius 1 is 1.20 bits per heavy atom. The van der Waals surface area contributed by atoms with Crippen molar-refractivity contribution in [1.82, 2.24) is 9.80 Å². The van der Waals surface area contributed by atoms with Gasteiger partial charge in [0.1, 0.15) is 5.76 Å². The highest BCUT2D eigenvalue weighted by Gasteiger charge is 2.22. The molecular weight excluding hydrogens is 318 g/mol. The molecule has 1 aromatic rings. The van der Waals surface area contributed by atoms with Crippen LogP contribution in [-0.2, 0) is 0 Å². The van der Waals surface area contributed by atoms with Crippen LogP contribution in [0.3, 0.4) is 0 Å². The maximum absolute atomic E-state index is 5.96. The lowest BCUT2D eigenvalue weighted by atomic mass is 10.1. The maximum atomic E-state index is 5.96. The van der Waals surface area contributed by atoms with Crippen LogP contribution in [0, 0.1) is 0 Å². The van der Waals surface area contributed by atoms with Gasteiger partial charge in [0.05, 0.1) is 16.8 Å². The summed E-state index contributed by atoms with van der Waals surface area (Å²) >= 11 is 3.53. The van der Waals surface area contributed by atoms with Crippen molar-refractivity contribution in [3.05, 3.63) is 22.6 Å². The molecule has 0 saturated carbocycles. The predicted octanol–water partition coefficient (Wildman–Crippen LogP) is 3.10. The first-order chi connectivity index (χ1) is 9.67. The molecule has 1 heterocycles. The van der Waals surface area contributed by atoms with E-state index in [1.54, 1.807) is 6.26 Å². The molecule has 1 unspecified atom stereocenters. The minimum absolute atomic E-state index is 0.154. The summed E-state index contributed by atoms with van der Waals surface area (Å²) < 4.78 is 6.60. The normalized spacial score (nSPS) is 13.3. The van der Waals surface area contributed by atoms with Crippen LogP contribution >= 0.6 is 15.9 Å². The average Bonchev–Trinajstić information content (AvgIpc) is 2.88. The Balaban J connectivity index is 2.57. The van der Waals surface area contributed by atoms with Crippen LogP contribution in [0.2, 0.25) is 0 Å². The summed E-state index contributed by atoms with van der Waals surface area (Å²) in [6, 6.07) is 2.09. The monoisotopic (exact) mass is 345 g/mol. The topological polar surface area (TPSA) is 45.6 Å². The fraction of sp³-hybridized carbons (Fsp3) is 0.733. The molecular formula is C15H28BrN3O. The average molecular weight is 346 g/mol. The molecule has 0 aliphatic rings. The fourth-order valence-corrected chi connectivity index (χ4v) is 3.00. The van der Waals surface area contributed by atoms with Gasteiger partial charge in [0, 0.05) is 13.1 Å². The molecule has 1 rings (SSSR count). The highest BCUT2D eigenvalue weighted by molar-refractivity contribution is 9.10. The van der Waals surface area contributed by atoms with Crippen molar-refractivity contribution in [2.45, 2.75) is 33.2 Å². The van der Waals surface area contributed by atoms with E-state index < -0.39 is 0 Å². The predicted molar refractivity (Wildman–Crippen MR) is 87.9 cm³/mol. The molecule has 4 nitrogen and oxygen atoms in total. The molecule has 0 spiro atoms. The molecule has 116 valence electrons. The number of rotatable bonds is 10. The van der Waals surface area contributed by atoms with E-state index in [9.17, 15) is 0 Å². The van der Waals surface area contributed by atoms with Gasteiger partial charge in [-0.3, -0.25) is 4.90 Å². The second-order valence-corrected chi connectivity index (χ2v) is 5.75. The smallest absolute Gasteiger partial charge is 0.136 e. The van der Waals surface area contributed by atoms with E-state index in [-0.39, 0.29) is 6.04 Å². The third-order valence-corrected chi connectivity index (χ3v) is 4.49. The number of nitrogens with two attached hydrogens (primary N) is 1. The van der Waals surface area contributed by atoms with Crippen molar-refractivity contribution >= 4 is 15.9 Å². The molecule has 0 aliphatic carbocycles. The van der Waals surface area contributed by atoms with E-state index in [1.807, 2.05) is 6.07 Å². The Morgan fingerprint density at radius 3 is 2.35 bits per heavy atom. The molecule has 0 radical (unpaired) electrons. The third kappa shape index (κ3) is 4.88. The van der Waals surface area contributed by atoms with Crippen molar-refractivity contribution in [1.29, 1.82) is 0 Å². The van der Waals surface area contributed by atoms with Crippen LogP contribution in [-0.4, -0.2) is 49.1 Å². The Labute approximate surface area is 131 Å². The fourth-order valence-electron chi connectivity index (χ4n) is 2.54. The van der Waals surface area contributed by atoms with Crippen LogP contribution in [0.5, 0.6) is 0 Å². The van der Waals surface area contributed by atoms with E-state index in [0.29, 0.717) is 6.54 Å². The third-order valence-electron chi connectivity index (χ3n) is 3.83. The van der Waals surface area contributed by atoms with Gasteiger partial charge in [-0.25, -0.2) is 0 Å². The Kier molecular flexibility index (Phi) is 8.45. The molecule has 5 heteroatoms. The van der Waals surface area contributed by atoms with E-state index >= 15 is 0 Å². The van der Waals surface area contributed by atoms with Gasteiger partial charge in [-0.15, -0.1) is 0 Å². The van der Waals surface area contributed by atoms with Crippen molar-refractivity contribution in [3.63, 3.8) is 0 Å². The maximum Gasteiger partial charge on any atom is 0.136 e. The number of furan rings is 1. The lowest BCUT2D eigenvalue weighted by Crippen LogP contribution is -2.36. The Morgan fingerprint density at radius 2 is 1.90 bits per heavy atom. The Bertz CT molecular complexity index is 366. The van der Waals surface area contributed by atoms with E-state index in [2.05, 4.69) is 46.5 Å². The van der Waals surface area contributed by atoms with E-state index in [1.165, 1.54) is 0 Å². The van der Waals surface area contributed by atoms with Crippen LogP contribution in [0.15, 0.2) is 21.2 Å². The highest BCUT2D eigenvalue weighted by atomic mass is 79.9. The zero-order chi connectivity index (χ0) is 15.0. The zero-order valence-electron chi connectivity index (χ0n) is 12.9. The molecule has 0 aliphatic heterocycles. The first-order valence-corrected chi connectivity index (χ1v) is 8.36. The number of hydrogen-bond donors (Lipinski definition) is 1. The number of nitrogens with zero attached hydrogens (tertiary/aromatic N) is 2. The van der Waals surface area contributed by atoms with Crippen molar-refractivity contribution in [2.75, 3.05) is 39.3 Å². The zero-order valence-corrected chi connectivity index (χ0v) is 14.5. The first-order valence-electron chi connectivity index (χ1n) is 7.57. The number of hydrogen-bond acceptors (Lipinski definition) is 4. The molecule has 1 atom stereocenters. The van der Waals surface area contributed by atoms with Gasteiger partial charge >= 0.3 is 0 Å². The summed E-state index contributed by atoms with van der Waals surface area (Å²) in [6.07, 6.45) is 2.87. The Hall–Kier alpha value is -0.360. The van der Waals surface area contributed by atoms with Gasteiger partial charge in [-0.05, 0) is 54.6 Å². The number of halogens is 1. The minimum atomic E-state index is 0.154. The summed E-state index contributed by atoms with van der Waals surface area (Å²) in [5.74, 6) is 0.942. The number of likely N-dealkylation sites (N-methyl/N-ethyl adjacent to an activating group) is 1. The molecule has 0 aromatic carbocycles. The highest BCUT2D eigenvalue weighted by Crippen LogP contribution is 2.28. The van der Waals surface area contributed by atoms with Gasteiger partial charge in [0.2, 0.25) is 0 Å². The van der Waals surface area contributed by atoms with Gasteiger partial charge in [-0.2, -0.15) is 0 Å². The first kappa shape index (κ1) is 17.7. The van der Waals surface area contributed by atoms with Crippen LogP contribution in [0.1, 0.15) is 39.0 Å². The second kappa shape index (κ2) is 9.55.